The molecule has 0 spiro atoms. The van der Waals surface area contributed by atoms with Gasteiger partial charge in [0.15, 0.2) is 0 Å². The Kier molecular flexibility index (Phi) is 9.79. The third kappa shape index (κ3) is 10.3. The highest BCUT2D eigenvalue weighted by molar-refractivity contribution is 5.67. The number of nitrogens with zero attached hydrogens (tertiary/aromatic N) is 1. The first-order valence-electron chi connectivity index (χ1n) is 9.12. The molecule has 2 N–H and O–H groups in total. The maximum atomic E-state index is 13.1. The van der Waals surface area contributed by atoms with E-state index in [2.05, 4.69) is 10.6 Å². The number of carbonyl (C=O) groups is 1. The van der Waals surface area contributed by atoms with Gasteiger partial charge in [0.2, 0.25) is 0 Å². The Labute approximate surface area is 172 Å². The van der Waals surface area contributed by atoms with Crippen molar-refractivity contribution in [3.63, 3.8) is 0 Å². The van der Waals surface area contributed by atoms with Crippen molar-refractivity contribution >= 4 is 17.5 Å². The van der Waals surface area contributed by atoms with Gasteiger partial charge >= 0.3 is 12.3 Å². The Morgan fingerprint density at radius 3 is 2.20 bits per heavy atom. The number of alkyl carbamates (subject to hydrolysis) is 1. The lowest BCUT2D eigenvalue weighted by atomic mass is 10.1. The van der Waals surface area contributed by atoms with Crippen molar-refractivity contribution < 1.29 is 37.1 Å². The third-order valence-electron chi connectivity index (χ3n) is 3.37. The first-order valence-corrected chi connectivity index (χ1v) is 9.12. The number of halogens is 3. The van der Waals surface area contributed by atoms with E-state index >= 15 is 0 Å². The predicted octanol–water partition coefficient (Wildman–Crippen LogP) is 3.58. The average Bonchev–Trinajstić information content (AvgIpc) is 2.60. The summed E-state index contributed by atoms with van der Waals surface area (Å²) in [7, 11) is 0. The Morgan fingerprint density at radius 1 is 1.07 bits per heavy atom. The van der Waals surface area contributed by atoms with Crippen LogP contribution in [0.25, 0.3) is 0 Å². The number of amides is 1. The molecule has 1 rings (SSSR count). The number of carbonyl (C=O) groups excluding carboxylic acids is 1. The minimum absolute atomic E-state index is 0.0705. The van der Waals surface area contributed by atoms with E-state index < -0.39 is 34.0 Å². The lowest BCUT2D eigenvalue weighted by molar-refractivity contribution is -0.385. The zero-order valence-corrected chi connectivity index (χ0v) is 17.0. The van der Waals surface area contributed by atoms with Crippen molar-refractivity contribution in [1.29, 1.82) is 0 Å². The van der Waals surface area contributed by atoms with Gasteiger partial charge in [0.05, 0.1) is 36.9 Å². The summed E-state index contributed by atoms with van der Waals surface area (Å²) >= 11 is 0. The van der Waals surface area contributed by atoms with E-state index in [1.807, 2.05) is 0 Å². The number of hydrogen-bond donors (Lipinski definition) is 2. The normalized spacial score (nSPS) is 11.8. The summed E-state index contributed by atoms with van der Waals surface area (Å²) in [5.74, 6) is 0. The predicted molar refractivity (Wildman–Crippen MR) is 102 cm³/mol. The van der Waals surface area contributed by atoms with Gasteiger partial charge in [-0.3, -0.25) is 10.1 Å². The monoisotopic (exact) mass is 437 g/mol. The van der Waals surface area contributed by atoms with Gasteiger partial charge in [0.1, 0.15) is 5.60 Å². The minimum atomic E-state index is -4.73. The molecule has 170 valence electrons. The lowest BCUT2D eigenvalue weighted by Gasteiger charge is -2.19. The summed E-state index contributed by atoms with van der Waals surface area (Å²) < 4.78 is 54.7. The highest BCUT2D eigenvalue weighted by Crippen LogP contribution is 2.36. The Bertz CT molecular complexity index is 707. The van der Waals surface area contributed by atoms with Gasteiger partial charge in [0.25, 0.3) is 5.69 Å². The third-order valence-corrected chi connectivity index (χ3v) is 3.37. The molecule has 1 amide bonds. The Balaban J connectivity index is 2.22. The molecule has 0 fully saturated rings. The maximum absolute atomic E-state index is 13.1. The molecule has 0 bridgehead atoms. The second-order valence-corrected chi connectivity index (χ2v) is 7.06. The molecule has 0 radical (unpaired) electrons. The number of hydrogen-bond acceptors (Lipinski definition) is 7. The van der Waals surface area contributed by atoms with Gasteiger partial charge in [-0.05, 0) is 26.8 Å². The molecule has 12 heteroatoms. The molecule has 0 saturated carbocycles. The van der Waals surface area contributed by atoms with Gasteiger partial charge in [-0.2, -0.15) is 13.2 Å². The maximum Gasteiger partial charge on any atom is 0.418 e. The zero-order valence-electron chi connectivity index (χ0n) is 17.0. The quantitative estimate of drug-likeness (QED) is 0.309. The van der Waals surface area contributed by atoms with Crippen LogP contribution in [0.1, 0.15) is 26.3 Å². The van der Waals surface area contributed by atoms with Crippen LogP contribution in [0.5, 0.6) is 0 Å². The fourth-order valence-electron chi connectivity index (χ4n) is 2.15. The molecule has 0 saturated heterocycles. The molecule has 0 aliphatic heterocycles. The highest BCUT2D eigenvalue weighted by Gasteiger charge is 2.35. The molecular formula is C18H26F3N3O6. The second-order valence-electron chi connectivity index (χ2n) is 7.06. The lowest BCUT2D eigenvalue weighted by Crippen LogP contribution is -2.34. The Morgan fingerprint density at radius 2 is 1.67 bits per heavy atom. The van der Waals surface area contributed by atoms with E-state index in [0.717, 1.165) is 12.1 Å². The smallest absolute Gasteiger partial charge is 0.418 e. The molecule has 0 unspecified atom stereocenters. The molecule has 0 aliphatic rings. The van der Waals surface area contributed by atoms with E-state index in [1.165, 1.54) is 0 Å². The summed E-state index contributed by atoms with van der Waals surface area (Å²) in [6, 6.07) is 2.50. The number of non-ortho nitro benzene ring substituents is 1. The highest BCUT2D eigenvalue weighted by atomic mass is 19.4. The number of anilines is 1. The summed E-state index contributed by atoms with van der Waals surface area (Å²) in [5, 5.41) is 15.7. The fourth-order valence-corrected chi connectivity index (χ4v) is 2.15. The average molecular weight is 437 g/mol. The number of benzene rings is 1. The molecule has 0 aliphatic carbocycles. The van der Waals surface area contributed by atoms with Crippen molar-refractivity contribution in [2.45, 2.75) is 32.5 Å². The number of nitro benzene ring substituents is 1. The number of nitrogens with one attached hydrogen (secondary N) is 2. The van der Waals surface area contributed by atoms with Gasteiger partial charge in [-0.25, -0.2) is 4.79 Å². The van der Waals surface area contributed by atoms with Crippen molar-refractivity contribution in [2.24, 2.45) is 0 Å². The first-order chi connectivity index (χ1) is 13.9. The van der Waals surface area contributed by atoms with Crippen molar-refractivity contribution in [3.8, 4) is 0 Å². The van der Waals surface area contributed by atoms with Crippen molar-refractivity contribution in [3.05, 3.63) is 33.9 Å². The SMILES string of the molecule is CC(C)(C)OC(=O)NCCOCCOCCNc1ccc([N+](=O)[O-])cc1C(F)(F)F. The van der Waals surface area contributed by atoms with Crippen LogP contribution in [0.4, 0.5) is 29.3 Å². The summed E-state index contributed by atoms with van der Waals surface area (Å²) in [5.41, 5.74) is -2.59. The van der Waals surface area contributed by atoms with E-state index in [4.69, 9.17) is 14.2 Å². The topological polar surface area (TPSA) is 112 Å². The van der Waals surface area contributed by atoms with Gasteiger partial charge in [0, 0.05) is 30.9 Å². The van der Waals surface area contributed by atoms with E-state index in [1.54, 1.807) is 20.8 Å². The van der Waals surface area contributed by atoms with Crippen LogP contribution in [0.15, 0.2) is 18.2 Å². The molecule has 9 nitrogen and oxygen atoms in total. The number of ether oxygens (including phenoxy) is 3. The molecule has 1 aromatic rings. The van der Waals surface area contributed by atoms with Crippen LogP contribution < -0.4 is 10.6 Å². The molecule has 1 aromatic carbocycles. The summed E-state index contributed by atoms with van der Waals surface area (Å²) in [4.78, 5) is 21.2. The fraction of sp³-hybridized carbons (Fsp3) is 0.611. The molecule has 0 heterocycles. The van der Waals surface area contributed by atoms with E-state index in [0.29, 0.717) is 6.07 Å². The number of nitro groups is 1. The van der Waals surface area contributed by atoms with Crippen LogP contribution >= 0.6 is 0 Å². The molecule has 0 atom stereocenters. The number of rotatable bonds is 11. The molecule has 0 aromatic heterocycles. The first kappa shape index (κ1) is 25.4. The van der Waals surface area contributed by atoms with Crippen LogP contribution in [0.2, 0.25) is 0 Å². The number of alkyl halides is 3. The van der Waals surface area contributed by atoms with Crippen LogP contribution in [0, 0.1) is 10.1 Å². The summed E-state index contributed by atoms with van der Waals surface area (Å²) in [6.07, 6.45) is -5.27. The van der Waals surface area contributed by atoms with Crippen molar-refractivity contribution in [1.82, 2.24) is 5.32 Å². The van der Waals surface area contributed by atoms with Crippen LogP contribution in [-0.2, 0) is 20.4 Å². The van der Waals surface area contributed by atoms with Crippen LogP contribution in [0.3, 0.4) is 0 Å². The zero-order chi connectivity index (χ0) is 22.8. The summed E-state index contributed by atoms with van der Waals surface area (Å²) in [6.45, 7) is 6.38. The van der Waals surface area contributed by atoms with Gasteiger partial charge in [-0.15, -0.1) is 0 Å². The Hall–Kier alpha value is -2.60. The van der Waals surface area contributed by atoms with Gasteiger partial charge < -0.3 is 24.8 Å². The van der Waals surface area contributed by atoms with E-state index in [-0.39, 0.29) is 45.2 Å². The molecule has 30 heavy (non-hydrogen) atoms. The van der Waals surface area contributed by atoms with Gasteiger partial charge in [-0.1, -0.05) is 0 Å². The second kappa shape index (κ2) is 11.6. The van der Waals surface area contributed by atoms with Crippen LogP contribution in [-0.4, -0.2) is 56.1 Å². The minimum Gasteiger partial charge on any atom is -0.444 e. The van der Waals surface area contributed by atoms with E-state index in [9.17, 15) is 28.1 Å². The standard InChI is InChI=1S/C18H26F3N3O6/c1-17(2,3)30-16(25)23-7-9-29-11-10-28-8-6-22-15-5-4-13(24(26)27)12-14(15)18(19,20)21/h4-5,12,22H,6-11H2,1-3H3,(H,23,25). The van der Waals surface area contributed by atoms with Crippen molar-refractivity contribution in [2.75, 3.05) is 44.8 Å². The largest absolute Gasteiger partial charge is 0.444 e. The molecular weight excluding hydrogens is 411 g/mol.